The molecule has 1 aliphatic rings. The first-order valence-electron chi connectivity index (χ1n) is 7.79. The van der Waals surface area contributed by atoms with E-state index in [0.29, 0.717) is 23.0 Å². The highest BCUT2D eigenvalue weighted by Gasteiger charge is 2.29. The van der Waals surface area contributed by atoms with Crippen LogP contribution in [0.25, 0.3) is 0 Å². The van der Waals surface area contributed by atoms with E-state index in [1.165, 1.54) is 12.8 Å². The molecule has 1 heterocycles. The zero-order valence-electron chi connectivity index (χ0n) is 13.9. The third kappa shape index (κ3) is 3.11. The molecule has 1 aromatic carbocycles. The third-order valence-corrected chi connectivity index (χ3v) is 4.79. The molecule has 2 aromatic rings. The molecule has 23 heavy (non-hydrogen) atoms. The van der Waals surface area contributed by atoms with Gasteiger partial charge in [-0.1, -0.05) is 11.6 Å². The van der Waals surface area contributed by atoms with Gasteiger partial charge in [-0.05, 0) is 49.9 Å². The Balaban J connectivity index is 1.79. The number of rotatable bonds is 4. The molecule has 1 aliphatic carbocycles. The van der Waals surface area contributed by atoms with Crippen molar-refractivity contribution in [2.24, 2.45) is 7.05 Å². The maximum atomic E-state index is 12.7. The van der Waals surface area contributed by atoms with Crippen molar-refractivity contribution < 1.29 is 4.79 Å². The van der Waals surface area contributed by atoms with Crippen molar-refractivity contribution in [3.05, 3.63) is 45.5 Å². The van der Waals surface area contributed by atoms with Gasteiger partial charge in [-0.3, -0.25) is 4.79 Å². The first-order valence-corrected chi connectivity index (χ1v) is 8.16. The molecule has 1 amide bonds. The number of benzene rings is 1. The van der Waals surface area contributed by atoms with Gasteiger partial charge in [0.2, 0.25) is 0 Å². The minimum Gasteiger partial charge on any atom is -0.334 e. The summed E-state index contributed by atoms with van der Waals surface area (Å²) in [6.07, 6.45) is 2.36. The fourth-order valence-corrected chi connectivity index (χ4v) is 2.94. The van der Waals surface area contributed by atoms with E-state index in [0.717, 1.165) is 22.8 Å². The Morgan fingerprint density at radius 1 is 1.30 bits per heavy atom. The highest BCUT2D eigenvalue weighted by atomic mass is 35.5. The molecular formula is C17H21ClN4O. The van der Waals surface area contributed by atoms with Crippen LogP contribution in [0.2, 0.25) is 5.02 Å². The third-order valence-electron chi connectivity index (χ3n) is 4.48. The zero-order valence-corrected chi connectivity index (χ0v) is 14.7. The maximum Gasteiger partial charge on any atom is 0.255 e. The summed E-state index contributed by atoms with van der Waals surface area (Å²) in [5, 5.41) is 8.98. The van der Waals surface area contributed by atoms with Crippen LogP contribution in [-0.2, 0) is 13.6 Å². The Labute approximate surface area is 141 Å². The SMILES string of the molecule is Cc1cc(Cl)c(C(=O)N(C)Cc2nnc(C3CC3)n2C)cc1C. The average molecular weight is 333 g/mol. The molecule has 0 radical (unpaired) electrons. The van der Waals surface area contributed by atoms with Crippen LogP contribution in [-0.4, -0.2) is 32.6 Å². The van der Waals surface area contributed by atoms with Gasteiger partial charge in [0.1, 0.15) is 5.82 Å². The van der Waals surface area contributed by atoms with Crippen molar-refractivity contribution in [2.75, 3.05) is 7.05 Å². The van der Waals surface area contributed by atoms with Crippen LogP contribution in [0.4, 0.5) is 0 Å². The number of carbonyl (C=O) groups is 1. The number of aromatic nitrogens is 3. The van der Waals surface area contributed by atoms with E-state index in [1.807, 2.05) is 37.6 Å². The van der Waals surface area contributed by atoms with Crippen molar-refractivity contribution >= 4 is 17.5 Å². The lowest BCUT2D eigenvalue weighted by Crippen LogP contribution is -2.28. The molecule has 0 N–H and O–H groups in total. The minimum absolute atomic E-state index is 0.103. The number of nitrogens with zero attached hydrogens (tertiary/aromatic N) is 4. The smallest absolute Gasteiger partial charge is 0.255 e. The lowest BCUT2D eigenvalue weighted by molar-refractivity contribution is 0.0780. The fraction of sp³-hybridized carbons (Fsp3) is 0.471. The van der Waals surface area contributed by atoms with Crippen molar-refractivity contribution in [1.29, 1.82) is 0 Å². The Kier molecular flexibility index (Phi) is 4.15. The minimum atomic E-state index is -0.103. The summed E-state index contributed by atoms with van der Waals surface area (Å²) < 4.78 is 2.00. The first kappa shape index (κ1) is 16.0. The molecule has 0 bridgehead atoms. The second-order valence-electron chi connectivity index (χ2n) is 6.39. The molecule has 0 atom stereocenters. The van der Waals surface area contributed by atoms with Crippen LogP contribution in [0, 0.1) is 13.8 Å². The van der Waals surface area contributed by atoms with Gasteiger partial charge < -0.3 is 9.47 Å². The summed E-state index contributed by atoms with van der Waals surface area (Å²) in [6.45, 7) is 4.38. The normalized spacial score (nSPS) is 14.1. The molecule has 5 nitrogen and oxygen atoms in total. The number of hydrogen-bond acceptors (Lipinski definition) is 3. The Hall–Kier alpha value is -1.88. The lowest BCUT2D eigenvalue weighted by Gasteiger charge is -2.18. The standard InChI is InChI=1S/C17H21ClN4O/c1-10-7-13(14(18)8-11(10)2)17(23)21(3)9-15-19-20-16(22(15)4)12-5-6-12/h7-8,12H,5-6,9H2,1-4H3. The van der Waals surface area contributed by atoms with E-state index < -0.39 is 0 Å². The van der Waals surface area contributed by atoms with Gasteiger partial charge in [0.25, 0.3) is 5.91 Å². The Bertz CT molecular complexity index is 764. The molecule has 0 aliphatic heterocycles. The van der Waals surface area contributed by atoms with E-state index in [-0.39, 0.29) is 5.91 Å². The van der Waals surface area contributed by atoms with Gasteiger partial charge in [0.15, 0.2) is 5.82 Å². The molecule has 0 unspecified atom stereocenters. The molecule has 122 valence electrons. The summed E-state index contributed by atoms with van der Waals surface area (Å²) in [5.41, 5.74) is 2.67. The molecule has 6 heteroatoms. The molecule has 1 saturated carbocycles. The molecular weight excluding hydrogens is 312 g/mol. The van der Waals surface area contributed by atoms with Crippen molar-refractivity contribution in [3.63, 3.8) is 0 Å². The van der Waals surface area contributed by atoms with E-state index in [2.05, 4.69) is 10.2 Å². The topological polar surface area (TPSA) is 51.0 Å². The lowest BCUT2D eigenvalue weighted by atomic mass is 10.1. The summed E-state index contributed by atoms with van der Waals surface area (Å²) in [7, 11) is 3.73. The summed E-state index contributed by atoms with van der Waals surface area (Å²) in [5.74, 6) is 2.25. The van der Waals surface area contributed by atoms with Crippen LogP contribution < -0.4 is 0 Å². The highest BCUT2D eigenvalue weighted by molar-refractivity contribution is 6.33. The number of aryl methyl sites for hydroxylation is 2. The molecule has 1 fully saturated rings. The van der Waals surface area contributed by atoms with Crippen LogP contribution in [0.3, 0.4) is 0 Å². The van der Waals surface area contributed by atoms with Gasteiger partial charge in [0.05, 0.1) is 17.1 Å². The van der Waals surface area contributed by atoms with E-state index in [9.17, 15) is 4.79 Å². The van der Waals surface area contributed by atoms with Crippen molar-refractivity contribution in [2.45, 2.75) is 39.2 Å². The Morgan fingerprint density at radius 2 is 1.96 bits per heavy atom. The fourth-order valence-electron chi connectivity index (χ4n) is 2.64. The van der Waals surface area contributed by atoms with Crippen LogP contribution in [0.5, 0.6) is 0 Å². The average Bonchev–Trinajstić information content (AvgIpc) is 3.28. The number of halogens is 1. The highest BCUT2D eigenvalue weighted by Crippen LogP contribution is 2.38. The number of carbonyl (C=O) groups excluding carboxylic acids is 1. The summed E-state index contributed by atoms with van der Waals surface area (Å²) in [6, 6.07) is 3.69. The molecule has 1 aromatic heterocycles. The van der Waals surface area contributed by atoms with Crippen molar-refractivity contribution in [1.82, 2.24) is 19.7 Å². The predicted octanol–water partition coefficient (Wildman–Crippen LogP) is 3.23. The zero-order chi connectivity index (χ0) is 16.7. The molecule has 3 rings (SSSR count). The first-order chi connectivity index (χ1) is 10.9. The predicted molar refractivity (Wildman–Crippen MR) is 89.7 cm³/mol. The van der Waals surface area contributed by atoms with E-state index >= 15 is 0 Å². The molecule has 0 spiro atoms. The van der Waals surface area contributed by atoms with Gasteiger partial charge in [-0.2, -0.15) is 0 Å². The monoisotopic (exact) mass is 332 g/mol. The van der Waals surface area contributed by atoms with Crippen LogP contribution in [0.15, 0.2) is 12.1 Å². The Morgan fingerprint density at radius 3 is 2.61 bits per heavy atom. The van der Waals surface area contributed by atoms with E-state index in [4.69, 9.17) is 11.6 Å². The second-order valence-corrected chi connectivity index (χ2v) is 6.79. The number of hydrogen-bond donors (Lipinski definition) is 0. The summed E-state index contributed by atoms with van der Waals surface area (Å²) in [4.78, 5) is 14.3. The van der Waals surface area contributed by atoms with Gasteiger partial charge in [-0.15, -0.1) is 10.2 Å². The maximum absolute atomic E-state index is 12.7. The number of amides is 1. The van der Waals surface area contributed by atoms with Crippen molar-refractivity contribution in [3.8, 4) is 0 Å². The quantitative estimate of drug-likeness (QED) is 0.863. The van der Waals surface area contributed by atoms with Gasteiger partial charge >= 0.3 is 0 Å². The van der Waals surface area contributed by atoms with Crippen LogP contribution in [0.1, 0.15) is 51.9 Å². The van der Waals surface area contributed by atoms with Gasteiger partial charge in [0, 0.05) is 20.0 Å². The largest absolute Gasteiger partial charge is 0.334 e. The van der Waals surface area contributed by atoms with Gasteiger partial charge in [-0.25, -0.2) is 0 Å². The summed E-state index contributed by atoms with van der Waals surface area (Å²) >= 11 is 6.25. The molecule has 0 saturated heterocycles. The van der Waals surface area contributed by atoms with Crippen LogP contribution >= 0.6 is 11.6 Å². The second kappa shape index (κ2) is 5.96. The van der Waals surface area contributed by atoms with E-state index in [1.54, 1.807) is 11.9 Å².